The zero-order chi connectivity index (χ0) is 26.2. The van der Waals surface area contributed by atoms with Crippen LogP contribution in [0.5, 0.6) is 11.5 Å². The van der Waals surface area contributed by atoms with E-state index < -0.39 is 0 Å². The van der Waals surface area contributed by atoms with Gasteiger partial charge in [0, 0.05) is 6.54 Å². The van der Waals surface area contributed by atoms with Crippen molar-refractivity contribution in [2.75, 3.05) is 53.5 Å². The van der Waals surface area contributed by atoms with Crippen molar-refractivity contribution in [3.05, 3.63) is 95.1 Å². The Morgan fingerprint density at radius 1 is 0.711 bits per heavy atom. The van der Waals surface area contributed by atoms with Gasteiger partial charge in [-0.05, 0) is 129 Å². The van der Waals surface area contributed by atoms with E-state index in [1.807, 2.05) is 0 Å². The Bertz CT molecular complexity index is 1190. The normalized spacial score (nSPS) is 17.6. The van der Waals surface area contributed by atoms with Crippen LogP contribution in [0.3, 0.4) is 0 Å². The van der Waals surface area contributed by atoms with E-state index in [1.165, 1.54) is 85.3 Å². The van der Waals surface area contributed by atoms with E-state index in [1.54, 1.807) is 7.11 Å². The number of fused-ring (bicyclic) bond motifs is 1. The first-order valence-electron chi connectivity index (χ1n) is 14.3. The third kappa shape index (κ3) is 6.67. The zero-order valence-electron chi connectivity index (χ0n) is 23.1. The monoisotopic (exact) mass is 510 g/mol. The van der Waals surface area contributed by atoms with Gasteiger partial charge in [-0.1, -0.05) is 48.5 Å². The van der Waals surface area contributed by atoms with Crippen LogP contribution < -0.4 is 9.47 Å². The van der Waals surface area contributed by atoms with Crippen LogP contribution in [0.1, 0.15) is 54.4 Å². The van der Waals surface area contributed by atoms with Gasteiger partial charge >= 0.3 is 0 Å². The summed E-state index contributed by atoms with van der Waals surface area (Å²) in [7, 11) is 3.91. The van der Waals surface area contributed by atoms with Crippen LogP contribution >= 0.6 is 0 Å². The maximum absolute atomic E-state index is 6.05. The largest absolute Gasteiger partial charge is 0.497 e. The molecule has 3 aliphatic rings. The molecule has 0 atom stereocenters. The van der Waals surface area contributed by atoms with E-state index in [2.05, 4.69) is 89.6 Å². The predicted octanol–water partition coefficient (Wildman–Crippen LogP) is 6.79. The molecule has 0 unspecified atom stereocenters. The summed E-state index contributed by atoms with van der Waals surface area (Å²) in [6.07, 6.45) is 7.51. The molecule has 3 aromatic rings. The first-order valence-corrected chi connectivity index (χ1v) is 14.3. The standard InChI is InChI=1S/C29H31NO2.C5H11N/c1-31-26-14-16-28-24(21-26)11-15-27(22-7-3-2-4-8-22)29(28)23-9-12-25(13-10-23)32-20-19-30-17-5-6-18-30;1-6-4-2-3-5-6/h2-4,7-10,12-14,16,21H,5-6,11,15,17-20H2,1H3;2-5H2,1H3. The number of rotatable bonds is 7. The van der Waals surface area contributed by atoms with Gasteiger partial charge < -0.3 is 14.4 Å². The maximum Gasteiger partial charge on any atom is 0.119 e. The highest BCUT2D eigenvalue weighted by atomic mass is 16.5. The maximum atomic E-state index is 6.05. The molecule has 0 saturated carbocycles. The van der Waals surface area contributed by atoms with Gasteiger partial charge in [0.25, 0.3) is 0 Å². The Labute approximate surface area is 228 Å². The topological polar surface area (TPSA) is 24.9 Å². The first kappa shape index (κ1) is 26.5. The molecular formula is C34H42N2O2. The van der Waals surface area contributed by atoms with Crippen LogP contribution in [0.2, 0.25) is 0 Å². The summed E-state index contributed by atoms with van der Waals surface area (Å²) >= 11 is 0. The van der Waals surface area contributed by atoms with E-state index in [0.717, 1.165) is 37.5 Å². The first-order chi connectivity index (χ1) is 18.7. The summed E-state index contributed by atoms with van der Waals surface area (Å²) in [5.41, 5.74) is 7.93. The van der Waals surface area contributed by atoms with Crippen LogP contribution in [0.4, 0.5) is 0 Å². The van der Waals surface area contributed by atoms with Gasteiger partial charge in [0.15, 0.2) is 0 Å². The number of likely N-dealkylation sites (tertiary alicyclic amines) is 2. The van der Waals surface area contributed by atoms with Gasteiger partial charge in [-0.25, -0.2) is 0 Å². The summed E-state index contributed by atoms with van der Waals surface area (Å²) in [5.74, 6) is 1.87. The molecule has 4 heteroatoms. The van der Waals surface area contributed by atoms with Crippen LogP contribution in [-0.2, 0) is 6.42 Å². The molecule has 2 heterocycles. The molecule has 0 amide bonds. The lowest BCUT2D eigenvalue weighted by Crippen LogP contribution is -2.25. The lowest BCUT2D eigenvalue weighted by Gasteiger charge is -2.25. The van der Waals surface area contributed by atoms with Crippen molar-refractivity contribution in [1.29, 1.82) is 0 Å². The fraction of sp³-hybridized carbons (Fsp3) is 0.412. The third-order valence-corrected chi connectivity index (χ3v) is 8.00. The van der Waals surface area contributed by atoms with Crippen LogP contribution in [0.25, 0.3) is 11.1 Å². The average molecular weight is 511 g/mol. The number of methoxy groups -OCH3 is 1. The molecule has 3 aromatic carbocycles. The highest BCUT2D eigenvalue weighted by molar-refractivity contribution is 6.00. The number of ether oxygens (including phenoxy) is 2. The molecule has 1 aliphatic carbocycles. The fourth-order valence-corrected chi connectivity index (χ4v) is 5.84. The molecule has 0 radical (unpaired) electrons. The fourth-order valence-electron chi connectivity index (χ4n) is 5.84. The molecule has 38 heavy (non-hydrogen) atoms. The van der Waals surface area contributed by atoms with E-state index in [0.29, 0.717) is 0 Å². The second-order valence-electron chi connectivity index (χ2n) is 10.7. The number of allylic oxidation sites excluding steroid dienone is 1. The minimum atomic E-state index is 0.750. The van der Waals surface area contributed by atoms with Crippen molar-refractivity contribution < 1.29 is 9.47 Å². The Balaban J connectivity index is 0.000000433. The highest BCUT2D eigenvalue weighted by Crippen LogP contribution is 2.42. The number of nitrogens with zero attached hydrogens (tertiary/aromatic N) is 2. The van der Waals surface area contributed by atoms with Gasteiger partial charge in [-0.3, -0.25) is 4.90 Å². The van der Waals surface area contributed by atoms with Crippen molar-refractivity contribution in [1.82, 2.24) is 9.80 Å². The zero-order valence-corrected chi connectivity index (χ0v) is 23.1. The number of benzene rings is 3. The minimum Gasteiger partial charge on any atom is -0.497 e. The third-order valence-electron chi connectivity index (χ3n) is 8.00. The van der Waals surface area contributed by atoms with Crippen molar-refractivity contribution in [2.24, 2.45) is 0 Å². The van der Waals surface area contributed by atoms with Crippen LogP contribution in [-0.4, -0.2) is 63.3 Å². The van der Waals surface area contributed by atoms with Crippen molar-refractivity contribution >= 4 is 11.1 Å². The van der Waals surface area contributed by atoms with Crippen LogP contribution in [0.15, 0.2) is 72.8 Å². The van der Waals surface area contributed by atoms with Gasteiger partial charge in [0.1, 0.15) is 18.1 Å². The quantitative estimate of drug-likeness (QED) is 0.350. The van der Waals surface area contributed by atoms with Crippen molar-refractivity contribution in [2.45, 2.75) is 38.5 Å². The second-order valence-corrected chi connectivity index (χ2v) is 10.7. The molecule has 6 rings (SSSR count). The summed E-state index contributed by atoms with van der Waals surface area (Å²) in [5, 5.41) is 0. The molecule has 2 fully saturated rings. The van der Waals surface area contributed by atoms with Gasteiger partial charge in [-0.15, -0.1) is 0 Å². The molecule has 2 aliphatic heterocycles. The summed E-state index contributed by atoms with van der Waals surface area (Å²) < 4.78 is 11.5. The van der Waals surface area contributed by atoms with E-state index in [-0.39, 0.29) is 0 Å². The highest BCUT2D eigenvalue weighted by Gasteiger charge is 2.22. The lowest BCUT2D eigenvalue weighted by atomic mass is 9.79. The predicted molar refractivity (Wildman–Crippen MR) is 158 cm³/mol. The molecule has 0 bridgehead atoms. The molecule has 2 saturated heterocycles. The minimum absolute atomic E-state index is 0.750. The summed E-state index contributed by atoms with van der Waals surface area (Å²) in [4.78, 5) is 4.85. The summed E-state index contributed by atoms with van der Waals surface area (Å²) in [6, 6.07) is 25.9. The number of hydrogen-bond donors (Lipinski definition) is 0. The molecule has 4 nitrogen and oxygen atoms in total. The lowest BCUT2D eigenvalue weighted by molar-refractivity contribution is 0.238. The van der Waals surface area contributed by atoms with Gasteiger partial charge in [0.05, 0.1) is 7.11 Å². The van der Waals surface area contributed by atoms with Crippen molar-refractivity contribution in [3.8, 4) is 11.5 Å². The van der Waals surface area contributed by atoms with E-state index in [9.17, 15) is 0 Å². The SMILES string of the molecule is CN1CCCC1.COc1ccc2c(c1)CCC(c1ccccc1)=C2c1ccc(OCCN2CCCC2)cc1. The molecule has 0 spiro atoms. The Kier molecular flexibility index (Phi) is 9.16. The molecule has 0 N–H and O–H groups in total. The Morgan fingerprint density at radius 2 is 1.39 bits per heavy atom. The Hall–Kier alpha value is -3.08. The van der Waals surface area contributed by atoms with Crippen LogP contribution in [0, 0.1) is 0 Å². The number of aryl methyl sites for hydroxylation is 1. The molecule has 200 valence electrons. The second kappa shape index (κ2) is 13.1. The average Bonchev–Trinajstić information content (AvgIpc) is 3.67. The Morgan fingerprint density at radius 3 is 2.05 bits per heavy atom. The van der Waals surface area contributed by atoms with Gasteiger partial charge in [0.2, 0.25) is 0 Å². The van der Waals surface area contributed by atoms with E-state index >= 15 is 0 Å². The smallest absolute Gasteiger partial charge is 0.119 e. The summed E-state index contributed by atoms with van der Waals surface area (Å²) in [6.45, 7) is 6.83. The van der Waals surface area contributed by atoms with E-state index in [4.69, 9.17) is 9.47 Å². The number of hydrogen-bond acceptors (Lipinski definition) is 4. The molecular weight excluding hydrogens is 468 g/mol. The van der Waals surface area contributed by atoms with Crippen molar-refractivity contribution in [3.63, 3.8) is 0 Å². The molecule has 0 aromatic heterocycles. The van der Waals surface area contributed by atoms with Gasteiger partial charge in [-0.2, -0.15) is 0 Å².